The van der Waals surface area contributed by atoms with Crippen molar-refractivity contribution in [3.05, 3.63) is 479 Å². The van der Waals surface area contributed by atoms with Gasteiger partial charge in [-0.15, -0.1) is 22.7 Å². The van der Waals surface area contributed by atoms with Crippen LogP contribution >= 0.6 is 22.7 Å². The second-order valence-electron chi connectivity index (χ2n) is 37.4. The van der Waals surface area contributed by atoms with Gasteiger partial charge in [-0.1, -0.05) is 364 Å². The minimum absolute atomic E-state index is 0.661. The summed E-state index contributed by atoms with van der Waals surface area (Å²) in [5.74, 6) is 2.05. The maximum atomic E-state index is 5.30. The lowest BCUT2D eigenvalue weighted by atomic mass is 9.94. The molecule has 0 atom stereocenters. The molecule has 0 aliphatic rings. The van der Waals surface area contributed by atoms with E-state index >= 15 is 0 Å². The van der Waals surface area contributed by atoms with Crippen LogP contribution in [-0.4, -0.2) is 52.7 Å². The first-order valence-corrected chi connectivity index (χ1v) is 50.7. The van der Waals surface area contributed by atoms with E-state index in [1.807, 2.05) is 41.8 Å². The van der Waals surface area contributed by atoms with Crippen molar-refractivity contribution in [2.45, 2.75) is 0 Å². The highest BCUT2D eigenvalue weighted by molar-refractivity contribution is 7.27. The molecule has 0 unspecified atom stereocenters. The topological polar surface area (TPSA) is 102 Å². The van der Waals surface area contributed by atoms with Crippen molar-refractivity contribution in [1.29, 1.82) is 0 Å². The zero-order valence-corrected chi connectivity index (χ0v) is 79.5. The number of fused-ring (bicyclic) bond motifs is 33. The van der Waals surface area contributed by atoms with Gasteiger partial charge in [0.1, 0.15) is 4.83 Å². The average molecular weight is 1880 g/mol. The number of rotatable bonds is 9. The first-order valence-electron chi connectivity index (χ1n) is 49.0. The quantitative estimate of drug-likeness (QED) is 0.143. The summed E-state index contributed by atoms with van der Waals surface area (Å²) in [5.41, 5.74) is 24.4. The predicted octanol–water partition coefficient (Wildman–Crippen LogP) is 35.2. The molecule has 0 spiro atoms. The molecule has 0 saturated carbocycles. The summed E-state index contributed by atoms with van der Waals surface area (Å²) in [7, 11) is 0. The Labute approximate surface area is 836 Å². The Morgan fingerprint density at radius 2 is 0.566 bits per heavy atom. The molecule has 0 aliphatic carbocycles. The summed E-state index contributed by atoms with van der Waals surface area (Å²) in [6.07, 6.45) is 2.00. The van der Waals surface area contributed by atoms with Crippen LogP contribution in [0.4, 0.5) is 0 Å². The van der Waals surface area contributed by atoms with Crippen molar-refractivity contribution < 1.29 is 0 Å². The van der Waals surface area contributed by atoms with Gasteiger partial charge in [-0.2, -0.15) is 0 Å². The smallest absolute Gasteiger partial charge is 0.236 e. The lowest BCUT2D eigenvalue weighted by Crippen LogP contribution is -2.03. The Balaban J connectivity index is 0.000000103. The van der Waals surface area contributed by atoms with Gasteiger partial charge >= 0.3 is 0 Å². The van der Waals surface area contributed by atoms with Gasteiger partial charge < -0.3 is 9.13 Å². The van der Waals surface area contributed by atoms with Gasteiger partial charge in [-0.05, 0) is 158 Å². The van der Waals surface area contributed by atoms with Gasteiger partial charge in [0.2, 0.25) is 17.8 Å². The highest BCUT2D eigenvalue weighted by Crippen LogP contribution is 2.52. The van der Waals surface area contributed by atoms with E-state index in [1.54, 1.807) is 11.3 Å². The molecule has 0 N–H and O–H groups in total. The fraction of sp³-hybridized carbons (Fsp3) is 0. The number of benzene rings is 22. The van der Waals surface area contributed by atoms with E-state index in [4.69, 9.17) is 29.9 Å². The fourth-order valence-corrected chi connectivity index (χ4v) is 25.5. The van der Waals surface area contributed by atoms with Crippen LogP contribution in [0.15, 0.2) is 479 Å². The largest absolute Gasteiger partial charge is 0.309 e. The van der Waals surface area contributed by atoms with E-state index in [0.29, 0.717) is 11.9 Å². The summed E-state index contributed by atoms with van der Waals surface area (Å²) >= 11 is 3.60. The van der Waals surface area contributed by atoms with Crippen molar-refractivity contribution in [2.75, 3.05) is 0 Å². The Hall–Kier alpha value is -18.9. The Morgan fingerprint density at radius 1 is 0.186 bits per heavy atom. The SMILES string of the molecule is c1ccc(-c2nc(-n3c4ccccc4c4cc(-c5cc6c7ccc8ccccc8c7n(-c7ccccc7)c6c6ccccc56)ccc43)nc3ccccc23)cc1.c1ccc(-c2nc(-n3c4ccccc4c4cc(-c5cc6c7ccccc7n(-c7ccccc7)c6c6ccccc56)ccc43)nc3ccccc23)cc1.c1ccc2c(c1)sc1nc(-n3c4ccccc4c4c5ccccc5c5c6ccccc6sc5c43)ncc12. The van der Waals surface area contributed by atoms with Gasteiger partial charge in [-0.3, -0.25) is 13.7 Å². The third-order valence-corrected chi connectivity index (χ3v) is 31.7. The molecule has 0 fully saturated rings. The molecule has 32 aromatic rings. The number of para-hydroxylation sites is 8. The molecule has 32 rings (SSSR count). The Morgan fingerprint density at radius 3 is 1.12 bits per heavy atom. The molecular weight excluding hydrogens is 1800 g/mol. The molecule has 0 radical (unpaired) electrons. The van der Waals surface area contributed by atoms with E-state index in [9.17, 15) is 0 Å². The summed E-state index contributed by atoms with van der Waals surface area (Å²) in [6.45, 7) is 0. The number of nitrogens with zero attached hydrogens (tertiary/aromatic N) is 11. The third-order valence-electron chi connectivity index (χ3n) is 29.5. The van der Waals surface area contributed by atoms with Gasteiger partial charge in [-0.25, -0.2) is 29.9 Å². The van der Waals surface area contributed by atoms with Crippen LogP contribution in [0.25, 0.3) is 288 Å². The van der Waals surface area contributed by atoms with Crippen LogP contribution in [0.2, 0.25) is 0 Å². The maximum absolute atomic E-state index is 5.30. The van der Waals surface area contributed by atoms with Crippen LogP contribution in [-0.2, 0) is 0 Å². The molecule has 0 aliphatic heterocycles. The number of aromatic nitrogens is 11. The number of thiophene rings is 2. The van der Waals surface area contributed by atoms with E-state index in [0.717, 1.165) is 105 Å². The van der Waals surface area contributed by atoms with Crippen molar-refractivity contribution in [2.24, 2.45) is 0 Å². The number of hydrogen-bond donors (Lipinski definition) is 0. The second-order valence-corrected chi connectivity index (χ2v) is 39.4. The van der Waals surface area contributed by atoms with Crippen molar-refractivity contribution in [3.8, 4) is 74.0 Å². The maximum Gasteiger partial charge on any atom is 0.236 e. The van der Waals surface area contributed by atoms with Gasteiger partial charge in [0.15, 0.2) is 0 Å². The standard InChI is InChI=1S/C52H32N4.C48H30N4.C32H17N3S2/c1-3-16-34(17-4-1)49-42-24-11-13-25-46(42)53-52(54-49)56-47-26-14-12-22-39(47)44-31-35(28-30-48(44)56)43-32-45-41-29-27-33-15-7-8-20-37(33)50(41)55(36-18-5-2-6-19-36)51(45)40-23-10-9-21-38(40)43;1-3-15-31(16-4-1)46-38-23-9-12-24-42(38)49-48(50-46)52-44-26-14-10-20-35(44)40-29-32(27-28-45(40)52)39-30-41-36-21-11-13-25-43(36)51(33-17-5-2-6-18-33)47(41)37-22-8-7-19-34(37)39;1-2-11-20-19(10-1)27-21-12-3-6-14-24(21)35(29(27)30-28(20)22-13-5-8-16-26(22)36-30)32-33-17-23-18-9-4-7-15-25(18)37-31(23)34-32/h1-32H;1-30H;1-17H. The van der Waals surface area contributed by atoms with Gasteiger partial charge in [0.05, 0.1) is 82.3 Å². The Kier molecular flexibility index (Phi) is 18.6. The Bertz CT molecular complexity index is 11000. The summed E-state index contributed by atoms with van der Waals surface area (Å²) < 4.78 is 15.5. The van der Waals surface area contributed by atoms with Crippen molar-refractivity contribution in [3.63, 3.8) is 0 Å². The molecular formula is C132H79N11S2. The minimum Gasteiger partial charge on any atom is -0.309 e. The monoisotopic (exact) mass is 1880 g/mol. The first kappa shape index (κ1) is 82.0. The molecule has 0 saturated heterocycles. The lowest BCUT2D eigenvalue weighted by Gasteiger charge is -2.14. The molecule has 11 nitrogen and oxygen atoms in total. The normalized spacial score (nSPS) is 12.0. The second kappa shape index (κ2) is 32.9. The van der Waals surface area contributed by atoms with Crippen LogP contribution in [0.1, 0.15) is 0 Å². The van der Waals surface area contributed by atoms with Crippen LogP contribution < -0.4 is 0 Å². The zero-order chi connectivity index (χ0) is 95.0. The minimum atomic E-state index is 0.661. The number of hydrogen-bond acceptors (Lipinski definition) is 8. The summed E-state index contributed by atoms with van der Waals surface area (Å²) in [6, 6.07) is 169. The van der Waals surface area contributed by atoms with E-state index in [-0.39, 0.29) is 0 Å². The highest BCUT2D eigenvalue weighted by atomic mass is 32.1. The van der Waals surface area contributed by atoms with Crippen molar-refractivity contribution in [1.82, 2.24) is 52.7 Å². The van der Waals surface area contributed by atoms with Crippen molar-refractivity contribution >= 4 is 237 Å². The van der Waals surface area contributed by atoms with E-state index < -0.39 is 0 Å². The van der Waals surface area contributed by atoms with Crippen LogP contribution in [0, 0.1) is 0 Å². The molecule has 0 amide bonds. The molecule has 10 aromatic heterocycles. The third kappa shape index (κ3) is 12.8. The van der Waals surface area contributed by atoms with E-state index in [2.05, 4.69) is 472 Å². The molecule has 13 heteroatoms. The average Bonchev–Trinajstić information content (AvgIpc) is 1.53. The highest BCUT2D eigenvalue weighted by Gasteiger charge is 2.29. The molecule has 0 bridgehead atoms. The lowest BCUT2D eigenvalue weighted by molar-refractivity contribution is 1.01. The van der Waals surface area contributed by atoms with E-state index in [1.165, 1.54) is 172 Å². The predicted molar refractivity (Wildman–Crippen MR) is 610 cm³/mol. The first-order chi connectivity index (χ1) is 72.0. The molecule has 674 valence electrons. The molecule has 22 aromatic carbocycles. The van der Waals surface area contributed by atoms with Gasteiger partial charge in [0, 0.05) is 140 Å². The zero-order valence-electron chi connectivity index (χ0n) is 77.8. The molecule has 10 heterocycles. The molecule has 145 heavy (non-hydrogen) atoms. The summed E-state index contributed by atoms with van der Waals surface area (Å²) in [4.78, 5) is 32.1. The fourth-order valence-electron chi connectivity index (χ4n) is 23.2. The summed E-state index contributed by atoms with van der Waals surface area (Å²) in [5, 5.41) is 29.1. The van der Waals surface area contributed by atoms with Crippen LogP contribution in [0.3, 0.4) is 0 Å². The van der Waals surface area contributed by atoms with Gasteiger partial charge in [0.25, 0.3) is 0 Å². The van der Waals surface area contributed by atoms with Crippen LogP contribution in [0.5, 0.6) is 0 Å².